The van der Waals surface area contributed by atoms with Gasteiger partial charge < -0.3 is 9.69 Å². The molecular weight excluding hydrogens is 352 g/mol. The summed E-state index contributed by atoms with van der Waals surface area (Å²) in [5.41, 5.74) is 1.05. The monoisotopic (exact) mass is 380 g/mol. The van der Waals surface area contributed by atoms with Gasteiger partial charge in [-0.15, -0.1) is 0 Å². The summed E-state index contributed by atoms with van der Waals surface area (Å²) in [5.74, 6) is -0.106. The van der Waals surface area contributed by atoms with E-state index in [1.807, 2.05) is 12.1 Å². The van der Waals surface area contributed by atoms with Crippen molar-refractivity contribution in [2.24, 2.45) is 0 Å². The number of Topliss-reactive ketones (excluding diaryl/α,β-unsaturated/α-hetero) is 1. The summed E-state index contributed by atoms with van der Waals surface area (Å²) in [6.07, 6.45) is 0.424. The van der Waals surface area contributed by atoms with Gasteiger partial charge in [-0.3, -0.25) is 4.79 Å². The van der Waals surface area contributed by atoms with Crippen LogP contribution in [0.15, 0.2) is 29.2 Å². The molecule has 0 aromatic heterocycles. The third-order valence-corrected chi connectivity index (χ3v) is 6.55. The third-order valence-electron chi connectivity index (χ3n) is 4.64. The maximum absolute atomic E-state index is 12.8. The Morgan fingerprint density at radius 2 is 1.50 bits per heavy atom. The molecule has 1 aromatic carbocycles. The van der Waals surface area contributed by atoms with Crippen LogP contribution in [0, 0.1) is 0 Å². The van der Waals surface area contributed by atoms with Gasteiger partial charge in [0.25, 0.3) is 0 Å². The summed E-state index contributed by atoms with van der Waals surface area (Å²) in [6.45, 7) is 8.97. The number of nitrogens with zero attached hydrogens (tertiary/aromatic N) is 2. The van der Waals surface area contributed by atoms with Crippen molar-refractivity contribution >= 4 is 21.7 Å². The number of benzene rings is 1. The molecule has 1 saturated heterocycles. The fourth-order valence-corrected chi connectivity index (χ4v) is 4.32. The molecule has 0 saturated carbocycles. The predicted octanol–water partition coefficient (Wildman–Crippen LogP) is 2.19. The predicted molar refractivity (Wildman–Crippen MR) is 100 cm³/mol. The number of hydrogen-bond acceptors (Lipinski definition) is 4. The van der Waals surface area contributed by atoms with Gasteiger partial charge in [-0.2, -0.15) is 4.31 Å². The summed E-state index contributed by atoms with van der Waals surface area (Å²) in [5, 5.41) is 0. The Morgan fingerprint density at radius 1 is 0.962 bits per heavy atom. The highest BCUT2D eigenvalue weighted by atomic mass is 32.2. The number of amides is 1. The van der Waals surface area contributed by atoms with Crippen molar-refractivity contribution in [2.75, 3.05) is 26.2 Å². The van der Waals surface area contributed by atoms with Crippen molar-refractivity contribution in [3.8, 4) is 0 Å². The lowest BCUT2D eigenvalue weighted by Crippen LogP contribution is -2.50. The Hall–Kier alpha value is -1.73. The Balaban J connectivity index is 2.01. The number of piperazine rings is 1. The summed E-state index contributed by atoms with van der Waals surface area (Å²) in [4.78, 5) is 25.0. The van der Waals surface area contributed by atoms with Gasteiger partial charge in [0, 0.05) is 39.0 Å². The van der Waals surface area contributed by atoms with Crippen LogP contribution in [0.3, 0.4) is 0 Å². The van der Waals surface area contributed by atoms with Crippen LogP contribution >= 0.6 is 0 Å². The maximum atomic E-state index is 12.8. The summed E-state index contributed by atoms with van der Waals surface area (Å²) < 4.78 is 27.1. The van der Waals surface area contributed by atoms with Crippen LogP contribution in [0.2, 0.25) is 0 Å². The third kappa shape index (κ3) is 4.92. The SMILES string of the molecule is CC(=O)CCC(=O)N1CCN(S(=O)(=O)c2ccc(C(C)(C)C)cc2)CC1. The smallest absolute Gasteiger partial charge is 0.243 e. The first-order chi connectivity index (χ1) is 12.0. The zero-order chi connectivity index (χ0) is 19.5. The van der Waals surface area contributed by atoms with E-state index in [1.165, 1.54) is 11.2 Å². The molecule has 0 N–H and O–H groups in total. The molecule has 144 valence electrons. The van der Waals surface area contributed by atoms with Crippen LogP contribution < -0.4 is 0 Å². The van der Waals surface area contributed by atoms with Gasteiger partial charge in [-0.25, -0.2) is 8.42 Å². The molecule has 1 aromatic rings. The van der Waals surface area contributed by atoms with Crippen molar-refractivity contribution in [2.45, 2.75) is 50.8 Å². The fraction of sp³-hybridized carbons (Fsp3) is 0.579. The Morgan fingerprint density at radius 3 is 1.96 bits per heavy atom. The molecule has 1 fully saturated rings. The van der Waals surface area contributed by atoms with Crippen molar-refractivity contribution in [3.05, 3.63) is 29.8 Å². The summed E-state index contributed by atoms with van der Waals surface area (Å²) in [7, 11) is -3.56. The molecule has 0 spiro atoms. The minimum absolute atomic E-state index is 0.0155. The van der Waals surface area contributed by atoms with Crippen LogP contribution in [0.5, 0.6) is 0 Å². The second-order valence-corrected chi connectivity index (χ2v) is 9.70. The first-order valence-electron chi connectivity index (χ1n) is 8.90. The molecule has 1 aliphatic rings. The molecule has 0 radical (unpaired) electrons. The molecule has 1 heterocycles. The number of carbonyl (C=O) groups is 2. The maximum Gasteiger partial charge on any atom is 0.243 e. The molecule has 7 heteroatoms. The molecule has 1 amide bonds. The molecule has 1 aliphatic heterocycles. The van der Waals surface area contributed by atoms with Gasteiger partial charge in [-0.1, -0.05) is 32.9 Å². The topological polar surface area (TPSA) is 74.8 Å². The van der Waals surface area contributed by atoms with Crippen molar-refractivity contribution in [3.63, 3.8) is 0 Å². The van der Waals surface area contributed by atoms with Crippen molar-refractivity contribution in [1.29, 1.82) is 0 Å². The first kappa shape index (κ1) is 20.6. The largest absolute Gasteiger partial charge is 0.340 e. The molecule has 0 unspecified atom stereocenters. The first-order valence-corrected chi connectivity index (χ1v) is 10.3. The number of rotatable bonds is 5. The average molecular weight is 381 g/mol. The van der Waals surface area contributed by atoms with Gasteiger partial charge in [0.2, 0.25) is 15.9 Å². The van der Waals surface area contributed by atoms with Crippen LogP contribution in [0.25, 0.3) is 0 Å². The fourth-order valence-electron chi connectivity index (χ4n) is 2.89. The van der Waals surface area contributed by atoms with E-state index in [9.17, 15) is 18.0 Å². The average Bonchev–Trinajstić information content (AvgIpc) is 2.59. The van der Waals surface area contributed by atoms with E-state index in [4.69, 9.17) is 0 Å². The molecule has 0 atom stereocenters. The summed E-state index contributed by atoms with van der Waals surface area (Å²) in [6, 6.07) is 7.02. The second-order valence-electron chi connectivity index (χ2n) is 7.76. The lowest BCUT2D eigenvalue weighted by Gasteiger charge is -2.34. The van der Waals surface area contributed by atoms with Gasteiger partial charge in [-0.05, 0) is 30.0 Å². The molecule has 2 rings (SSSR count). The van der Waals surface area contributed by atoms with Crippen LogP contribution in [-0.2, 0) is 25.0 Å². The zero-order valence-corrected chi connectivity index (χ0v) is 16.8. The van der Waals surface area contributed by atoms with E-state index in [0.717, 1.165) is 5.56 Å². The van der Waals surface area contributed by atoms with Crippen molar-refractivity contribution in [1.82, 2.24) is 9.21 Å². The Kier molecular flexibility index (Phi) is 6.24. The number of hydrogen-bond donors (Lipinski definition) is 0. The van der Waals surface area contributed by atoms with Crippen molar-refractivity contribution < 1.29 is 18.0 Å². The van der Waals surface area contributed by atoms with Crippen LogP contribution in [-0.4, -0.2) is 55.5 Å². The van der Waals surface area contributed by atoms with E-state index in [0.29, 0.717) is 13.1 Å². The van der Waals surface area contributed by atoms with Gasteiger partial charge in [0.1, 0.15) is 5.78 Å². The number of carbonyl (C=O) groups excluding carboxylic acids is 2. The molecule has 26 heavy (non-hydrogen) atoms. The normalized spacial score (nSPS) is 16.5. The minimum atomic E-state index is -3.56. The van der Waals surface area contributed by atoms with Crippen LogP contribution in [0.4, 0.5) is 0 Å². The van der Waals surface area contributed by atoms with E-state index < -0.39 is 10.0 Å². The van der Waals surface area contributed by atoms with E-state index in [2.05, 4.69) is 20.8 Å². The Bertz CT molecular complexity index is 756. The second kappa shape index (κ2) is 7.88. The quantitative estimate of drug-likeness (QED) is 0.785. The van der Waals surface area contributed by atoms with E-state index in [1.54, 1.807) is 17.0 Å². The lowest BCUT2D eigenvalue weighted by atomic mass is 9.87. The molecule has 6 nitrogen and oxygen atoms in total. The van der Waals surface area contributed by atoms with E-state index in [-0.39, 0.29) is 47.9 Å². The van der Waals surface area contributed by atoms with Crippen LogP contribution in [0.1, 0.15) is 46.1 Å². The highest BCUT2D eigenvalue weighted by Gasteiger charge is 2.30. The van der Waals surface area contributed by atoms with Gasteiger partial charge >= 0.3 is 0 Å². The Labute approximate surface area is 156 Å². The number of ketones is 1. The lowest BCUT2D eigenvalue weighted by molar-refractivity contribution is -0.134. The highest BCUT2D eigenvalue weighted by Crippen LogP contribution is 2.25. The molecule has 0 bridgehead atoms. The molecule has 0 aliphatic carbocycles. The number of sulfonamides is 1. The minimum Gasteiger partial charge on any atom is -0.340 e. The zero-order valence-electron chi connectivity index (χ0n) is 16.0. The van der Waals surface area contributed by atoms with Gasteiger partial charge in [0.05, 0.1) is 4.90 Å². The molecular formula is C19H28N2O4S. The highest BCUT2D eigenvalue weighted by molar-refractivity contribution is 7.89. The summed E-state index contributed by atoms with van der Waals surface area (Å²) >= 11 is 0. The van der Waals surface area contributed by atoms with E-state index >= 15 is 0 Å². The standard InChI is InChI=1S/C19H28N2O4S/c1-15(22)5-10-18(23)20-11-13-21(14-12-20)26(24,25)17-8-6-16(7-9-17)19(2,3)4/h6-9H,5,10-14H2,1-4H3. The van der Waals surface area contributed by atoms with Gasteiger partial charge in [0.15, 0.2) is 0 Å².